The number of para-hydroxylation sites is 1. The normalized spacial score (nSPS) is 16.6. The highest BCUT2D eigenvalue weighted by molar-refractivity contribution is 5.95. The number of fused-ring (bicyclic) bond motifs is 1. The molecule has 32 heavy (non-hydrogen) atoms. The molecule has 2 aromatic carbocycles. The molecule has 1 heterocycles. The number of hydrogen-bond donors (Lipinski definition) is 1. The van der Waals surface area contributed by atoms with E-state index < -0.39 is 5.41 Å². The number of aryl methyl sites for hydroxylation is 1. The van der Waals surface area contributed by atoms with Crippen molar-refractivity contribution < 1.29 is 23.8 Å². The molecule has 0 atom stereocenters. The van der Waals surface area contributed by atoms with Gasteiger partial charge in [0, 0.05) is 5.69 Å². The van der Waals surface area contributed by atoms with Gasteiger partial charge in [0.05, 0.1) is 5.41 Å². The maximum Gasteiger partial charge on any atom is 0.317 e. The predicted molar refractivity (Wildman–Crippen MR) is 122 cm³/mol. The summed E-state index contributed by atoms with van der Waals surface area (Å²) in [5.74, 6) is 0.941. The van der Waals surface area contributed by atoms with Gasteiger partial charge in [0.2, 0.25) is 0 Å². The van der Waals surface area contributed by atoms with E-state index in [-0.39, 0.29) is 24.4 Å². The maximum atomic E-state index is 13.3. The molecule has 1 saturated carbocycles. The summed E-state index contributed by atoms with van der Waals surface area (Å²) in [6.07, 6.45) is 3.28. The Morgan fingerprint density at radius 1 is 1.06 bits per heavy atom. The van der Waals surface area contributed by atoms with E-state index in [2.05, 4.69) is 19.2 Å². The highest BCUT2D eigenvalue weighted by Crippen LogP contribution is 2.45. The van der Waals surface area contributed by atoms with Crippen LogP contribution in [0, 0.1) is 6.92 Å². The van der Waals surface area contributed by atoms with Crippen LogP contribution in [0.15, 0.2) is 36.4 Å². The topological polar surface area (TPSA) is 73.9 Å². The number of rotatable bonds is 6. The minimum absolute atomic E-state index is 0.268. The molecular formula is C26H31NO5. The Morgan fingerprint density at radius 2 is 1.78 bits per heavy atom. The van der Waals surface area contributed by atoms with Crippen molar-refractivity contribution in [2.24, 2.45) is 0 Å². The van der Waals surface area contributed by atoms with E-state index in [9.17, 15) is 9.59 Å². The summed E-state index contributed by atoms with van der Waals surface area (Å²) in [5, 5.41) is 2.95. The van der Waals surface area contributed by atoms with Crippen LogP contribution in [-0.2, 0) is 19.7 Å². The largest absolute Gasteiger partial charge is 0.486 e. The first kappa shape index (κ1) is 22.2. The zero-order valence-electron chi connectivity index (χ0n) is 19.0. The second kappa shape index (κ2) is 9.23. The summed E-state index contributed by atoms with van der Waals surface area (Å²) in [6.45, 7) is 6.84. The van der Waals surface area contributed by atoms with Crippen molar-refractivity contribution >= 4 is 17.6 Å². The van der Waals surface area contributed by atoms with E-state index in [1.54, 1.807) is 0 Å². The Hall–Kier alpha value is -3.02. The molecule has 0 radical (unpaired) electrons. The molecule has 6 nitrogen and oxygen atoms in total. The lowest BCUT2D eigenvalue weighted by Crippen LogP contribution is -2.36. The van der Waals surface area contributed by atoms with Gasteiger partial charge in [-0.05, 0) is 54.5 Å². The van der Waals surface area contributed by atoms with Gasteiger partial charge < -0.3 is 19.5 Å². The van der Waals surface area contributed by atoms with E-state index in [1.165, 1.54) is 0 Å². The number of anilines is 1. The zero-order valence-corrected chi connectivity index (χ0v) is 19.0. The first-order chi connectivity index (χ1) is 15.4. The van der Waals surface area contributed by atoms with E-state index in [0.29, 0.717) is 37.6 Å². The first-order valence-corrected chi connectivity index (χ1v) is 11.4. The van der Waals surface area contributed by atoms with Crippen LogP contribution in [0.5, 0.6) is 11.5 Å². The highest BCUT2D eigenvalue weighted by Gasteiger charge is 2.45. The molecule has 0 bridgehead atoms. The zero-order chi connectivity index (χ0) is 22.7. The van der Waals surface area contributed by atoms with Gasteiger partial charge in [-0.25, -0.2) is 0 Å². The molecule has 0 aromatic heterocycles. The van der Waals surface area contributed by atoms with Crippen LogP contribution in [-0.4, -0.2) is 31.7 Å². The van der Waals surface area contributed by atoms with Crippen LogP contribution in [0.25, 0.3) is 0 Å². The molecule has 6 heteroatoms. The van der Waals surface area contributed by atoms with Crippen LogP contribution in [0.2, 0.25) is 0 Å². The molecule has 0 spiro atoms. The van der Waals surface area contributed by atoms with E-state index >= 15 is 0 Å². The Balaban J connectivity index is 1.47. The average Bonchev–Trinajstić information content (AvgIpc) is 3.29. The van der Waals surface area contributed by atoms with Crippen molar-refractivity contribution in [3.05, 3.63) is 53.1 Å². The molecular weight excluding hydrogens is 406 g/mol. The highest BCUT2D eigenvalue weighted by atomic mass is 16.6. The van der Waals surface area contributed by atoms with E-state index in [4.69, 9.17) is 14.2 Å². The summed E-state index contributed by atoms with van der Waals surface area (Å²) in [6, 6.07) is 11.6. The van der Waals surface area contributed by atoms with Crippen LogP contribution >= 0.6 is 0 Å². The summed E-state index contributed by atoms with van der Waals surface area (Å²) < 4.78 is 16.9. The summed E-state index contributed by atoms with van der Waals surface area (Å²) >= 11 is 0. The van der Waals surface area contributed by atoms with Gasteiger partial charge in [-0.3, -0.25) is 9.59 Å². The third-order valence-electron chi connectivity index (χ3n) is 6.47. The standard InChI is InChI=1S/C26H31NO5/c1-17(2)20-8-6-7-18(3)24(20)27-23(28)16-32-25(29)26(11-4-5-12-26)19-9-10-21-22(15-19)31-14-13-30-21/h6-10,15,17H,4-5,11-14,16H2,1-3H3,(H,27,28). The molecule has 0 saturated heterocycles. The molecule has 0 unspecified atom stereocenters. The number of ether oxygens (including phenoxy) is 3. The van der Waals surface area contributed by atoms with Crippen LogP contribution in [0.3, 0.4) is 0 Å². The molecule has 2 aromatic rings. The second-order valence-electron chi connectivity index (χ2n) is 8.97. The molecule has 1 N–H and O–H groups in total. The smallest absolute Gasteiger partial charge is 0.317 e. The van der Waals surface area contributed by atoms with Crippen LogP contribution in [0.4, 0.5) is 5.69 Å². The summed E-state index contributed by atoms with van der Waals surface area (Å²) in [7, 11) is 0. The minimum Gasteiger partial charge on any atom is -0.486 e. The Labute approximate surface area is 189 Å². The number of amides is 1. The van der Waals surface area contributed by atoms with Gasteiger partial charge in [-0.15, -0.1) is 0 Å². The van der Waals surface area contributed by atoms with Crippen molar-refractivity contribution in [1.29, 1.82) is 0 Å². The summed E-state index contributed by atoms with van der Waals surface area (Å²) in [4.78, 5) is 25.9. The fourth-order valence-corrected chi connectivity index (χ4v) is 4.72. The van der Waals surface area contributed by atoms with Gasteiger partial charge in [0.25, 0.3) is 5.91 Å². The molecule has 4 rings (SSSR count). The lowest BCUT2D eigenvalue weighted by molar-refractivity contribution is -0.153. The van der Waals surface area contributed by atoms with Crippen molar-refractivity contribution in [3.8, 4) is 11.5 Å². The molecule has 1 fully saturated rings. The maximum absolute atomic E-state index is 13.3. The number of carbonyl (C=O) groups excluding carboxylic acids is 2. The average molecular weight is 438 g/mol. The second-order valence-corrected chi connectivity index (χ2v) is 8.97. The van der Waals surface area contributed by atoms with Crippen molar-refractivity contribution in [3.63, 3.8) is 0 Å². The van der Waals surface area contributed by atoms with Crippen LogP contribution < -0.4 is 14.8 Å². The van der Waals surface area contributed by atoms with Gasteiger partial charge in [0.15, 0.2) is 18.1 Å². The van der Waals surface area contributed by atoms with Crippen molar-refractivity contribution in [2.45, 2.75) is 57.8 Å². The van der Waals surface area contributed by atoms with Crippen molar-refractivity contribution in [1.82, 2.24) is 0 Å². The third-order valence-corrected chi connectivity index (χ3v) is 6.47. The van der Waals surface area contributed by atoms with E-state index in [1.807, 2.05) is 43.3 Å². The fraction of sp³-hybridized carbons (Fsp3) is 0.462. The molecule has 2 aliphatic rings. The first-order valence-electron chi connectivity index (χ1n) is 11.4. The Morgan fingerprint density at radius 3 is 2.50 bits per heavy atom. The number of benzene rings is 2. The number of carbonyl (C=O) groups is 2. The summed E-state index contributed by atoms with van der Waals surface area (Å²) in [5.41, 5.74) is 2.96. The molecule has 1 aliphatic carbocycles. The number of nitrogens with one attached hydrogen (secondary N) is 1. The predicted octanol–water partition coefficient (Wildman–Crippen LogP) is 4.88. The Bertz CT molecular complexity index is 1010. The molecule has 1 aliphatic heterocycles. The minimum atomic E-state index is -0.748. The van der Waals surface area contributed by atoms with Crippen LogP contribution in [0.1, 0.15) is 62.1 Å². The van der Waals surface area contributed by atoms with Gasteiger partial charge in [-0.2, -0.15) is 0 Å². The van der Waals surface area contributed by atoms with Gasteiger partial charge >= 0.3 is 5.97 Å². The van der Waals surface area contributed by atoms with Crippen molar-refractivity contribution in [2.75, 3.05) is 25.1 Å². The fourth-order valence-electron chi connectivity index (χ4n) is 4.72. The van der Waals surface area contributed by atoms with Gasteiger partial charge in [-0.1, -0.05) is 51.0 Å². The monoisotopic (exact) mass is 437 g/mol. The Kier molecular flexibility index (Phi) is 6.40. The quantitative estimate of drug-likeness (QED) is 0.652. The number of hydrogen-bond acceptors (Lipinski definition) is 5. The molecule has 170 valence electrons. The van der Waals surface area contributed by atoms with Gasteiger partial charge in [0.1, 0.15) is 13.2 Å². The lowest BCUT2D eigenvalue weighted by Gasteiger charge is -2.29. The SMILES string of the molecule is Cc1cccc(C(C)C)c1NC(=O)COC(=O)C1(c2ccc3c(c2)OCCO3)CCCC1. The molecule has 1 amide bonds. The third kappa shape index (κ3) is 4.31. The number of esters is 1. The lowest BCUT2D eigenvalue weighted by atomic mass is 9.78. The van der Waals surface area contributed by atoms with E-state index in [0.717, 1.165) is 35.2 Å².